The van der Waals surface area contributed by atoms with E-state index in [2.05, 4.69) is 30.4 Å². The van der Waals surface area contributed by atoms with Gasteiger partial charge >= 0.3 is 0 Å². The van der Waals surface area contributed by atoms with Gasteiger partial charge in [-0.25, -0.2) is 9.97 Å². The van der Waals surface area contributed by atoms with Crippen molar-refractivity contribution in [3.05, 3.63) is 63.4 Å². The summed E-state index contributed by atoms with van der Waals surface area (Å²) in [5.74, 6) is 0.714. The minimum atomic E-state index is -0.304. The van der Waals surface area contributed by atoms with E-state index in [1.54, 1.807) is 12.4 Å². The smallest absolute Gasteiger partial charge is 0.293 e. The standard InChI is InChI=1S/C22H24ClN7O2/c23-16-3-1-15(2-4-16)21-13-25-7-10-29(21)22-17-11-20(30(31)32)19(12-18(17)26-14-27-22)28-8-5-24-6-9-28/h1-4,11-12,14,21,24-25H,5-10,13H2. The van der Waals surface area contributed by atoms with Crippen molar-refractivity contribution in [3.8, 4) is 0 Å². The van der Waals surface area contributed by atoms with Crippen LogP contribution in [0.5, 0.6) is 0 Å². The molecule has 2 aromatic carbocycles. The number of benzene rings is 2. The summed E-state index contributed by atoms with van der Waals surface area (Å²) in [6.07, 6.45) is 1.55. The van der Waals surface area contributed by atoms with Crippen LogP contribution in [0.1, 0.15) is 11.6 Å². The van der Waals surface area contributed by atoms with E-state index in [-0.39, 0.29) is 16.7 Å². The molecule has 32 heavy (non-hydrogen) atoms. The molecule has 0 bridgehead atoms. The van der Waals surface area contributed by atoms with Gasteiger partial charge in [-0.2, -0.15) is 0 Å². The summed E-state index contributed by atoms with van der Waals surface area (Å²) >= 11 is 6.09. The van der Waals surface area contributed by atoms with Gasteiger partial charge in [-0.05, 0) is 23.8 Å². The Morgan fingerprint density at radius 2 is 1.78 bits per heavy atom. The maximum Gasteiger partial charge on any atom is 0.293 e. The molecule has 3 aromatic rings. The van der Waals surface area contributed by atoms with Crippen LogP contribution in [0.15, 0.2) is 42.7 Å². The molecule has 3 heterocycles. The monoisotopic (exact) mass is 453 g/mol. The molecule has 0 aliphatic carbocycles. The normalized spacial score (nSPS) is 19.3. The number of nitro benzene ring substituents is 1. The second-order valence-corrected chi connectivity index (χ2v) is 8.45. The molecule has 1 atom stereocenters. The Morgan fingerprint density at radius 1 is 1.03 bits per heavy atom. The van der Waals surface area contributed by atoms with E-state index in [1.165, 1.54) is 0 Å². The molecule has 166 valence electrons. The number of hydrogen-bond acceptors (Lipinski definition) is 8. The first-order chi connectivity index (χ1) is 15.6. The van der Waals surface area contributed by atoms with E-state index in [0.717, 1.165) is 51.4 Å². The van der Waals surface area contributed by atoms with Crippen LogP contribution in [0.25, 0.3) is 10.9 Å². The van der Waals surface area contributed by atoms with Crippen molar-refractivity contribution in [2.24, 2.45) is 0 Å². The number of piperazine rings is 2. The van der Waals surface area contributed by atoms with Gasteiger partial charge < -0.3 is 20.4 Å². The number of nitrogens with one attached hydrogen (secondary N) is 2. The second kappa shape index (κ2) is 8.85. The number of aromatic nitrogens is 2. The number of halogens is 1. The van der Waals surface area contributed by atoms with Gasteiger partial charge in [0.15, 0.2) is 0 Å². The van der Waals surface area contributed by atoms with Gasteiger partial charge in [0.2, 0.25) is 0 Å². The minimum Gasteiger partial charge on any atom is -0.363 e. The zero-order valence-corrected chi connectivity index (χ0v) is 18.3. The summed E-state index contributed by atoms with van der Waals surface area (Å²) in [6, 6.07) is 11.3. The number of nitro groups is 1. The Morgan fingerprint density at radius 3 is 2.53 bits per heavy atom. The fourth-order valence-corrected chi connectivity index (χ4v) is 4.67. The molecule has 5 rings (SSSR count). The number of fused-ring (bicyclic) bond motifs is 1. The summed E-state index contributed by atoms with van der Waals surface area (Å²) in [5, 5.41) is 20.1. The quantitative estimate of drug-likeness (QED) is 0.459. The topological polar surface area (TPSA) is 99.5 Å². The van der Waals surface area contributed by atoms with E-state index >= 15 is 0 Å². The van der Waals surface area contributed by atoms with Crippen LogP contribution in [0.4, 0.5) is 17.2 Å². The average molecular weight is 454 g/mol. The largest absolute Gasteiger partial charge is 0.363 e. The SMILES string of the molecule is O=[N+]([O-])c1cc2c(N3CCNCC3c3ccc(Cl)cc3)ncnc2cc1N1CCNCC1. The Kier molecular flexibility index (Phi) is 5.77. The molecule has 0 saturated carbocycles. The summed E-state index contributed by atoms with van der Waals surface area (Å²) in [4.78, 5) is 25.0. The van der Waals surface area contributed by atoms with Crippen LogP contribution in [-0.4, -0.2) is 60.7 Å². The van der Waals surface area contributed by atoms with Crippen molar-refractivity contribution in [1.82, 2.24) is 20.6 Å². The molecule has 9 nitrogen and oxygen atoms in total. The van der Waals surface area contributed by atoms with E-state index in [9.17, 15) is 10.1 Å². The van der Waals surface area contributed by atoms with Gasteiger partial charge in [0.1, 0.15) is 17.8 Å². The molecule has 2 aliphatic heterocycles. The van der Waals surface area contributed by atoms with Gasteiger partial charge in [-0.1, -0.05) is 23.7 Å². The molecule has 0 radical (unpaired) electrons. The van der Waals surface area contributed by atoms with Crippen molar-refractivity contribution in [2.75, 3.05) is 55.6 Å². The van der Waals surface area contributed by atoms with Crippen molar-refractivity contribution in [3.63, 3.8) is 0 Å². The number of anilines is 2. The lowest BCUT2D eigenvalue weighted by Gasteiger charge is -2.38. The molecule has 1 unspecified atom stereocenters. The highest BCUT2D eigenvalue weighted by molar-refractivity contribution is 6.30. The molecule has 2 fully saturated rings. The van der Waals surface area contributed by atoms with Gasteiger partial charge in [-0.3, -0.25) is 10.1 Å². The first-order valence-corrected chi connectivity index (χ1v) is 11.1. The second-order valence-electron chi connectivity index (χ2n) is 8.01. The van der Waals surface area contributed by atoms with Crippen molar-refractivity contribution < 1.29 is 4.92 Å². The molecule has 0 amide bonds. The highest BCUT2D eigenvalue weighted by Gasteiger charge is 2.29. The number of nitrogens with zero attached hydrogens (tertiary/aromatic N) is 5. The summed E-state index contributed by atoms with van der Waals surface area (Å²) in [7, 11) is 0. The van der Waals surface area contributed by atoms with Crippen molar-refractivity contribution in [2.45, 2.75) is 6.04 Å². The maximum absolute atomic E-state index is 12.0. The Labute approximate surface area is 190 Å². The van der Waals surface area contributed by atoms with E-state index in [0.29, 0.717) is 27.4 Å². The minimum absolute atomic E-state index is 0.0334. The van der Waals surface area contributed by atoms with Crippen LogP contribution in [0, 0.1) is 10.1 Å². The van der Waals surface area contributed by atoms with E-state index in [1.807, 2.05) is 30.3 Å². The van der Waals surface area contributed by atoms with Crippen molar-refractivity contribution in [1.29, 1.82) is 0 Å². The van der Waals surface area contributed by atoms with Crippen LogP contribution in [0.3, 0.4) is 0 Å². The highest BCUT2D eigenvalue weighted by atomic mass is 35.5. The Bertz CT molecular complexity index is 1140. The van der Waals surface area contributed by atoms with Crippen LogP contribution in [0.2, 0.25) is 5.02 Å². The molecule has 0 spiro atoms. The van der Waals surface area contributed by atoms with Gasteiger partial charge in [0, 0.05) is 62.3 Å². The van der Waals surface area contributed by atoms with Crippen LogP contribution >= 0.6 is 11.6 Å². The van der Waals surface area contributed by atoms with Gasteiger partial charge in [0.05, 0.1) is 16.5 Å². The third-order valence-electron chi connectivity index (χ3n) is 6.14. The molecule has 1 aromatic heterocycles. The van der Waals surface area contributed by atoms with Gasteiger partial charge in [0.25, 0.3) is 5.69 Å². The zero-order valence-electron chi connectivity index (χ0n) is 17.5. The van der Waals surface area contributed by atoms with Gasteiger partial charge in [-0.15, -0.1) is 0 Å². The molecular formula is C22H24ClN7O2. The molecule has 2 saturated heterocycles. The van der Waals surface area contributed by atoms with E-state index < -0.39 is 0 Å². The molecule has 2 aliphatic rings. The molecule has 10 heteroatoms. The predicted molar refractivity (Wildman–Crippen MR) is 126 cm³/mol. The summed E-state index contributed by atoms with van der Waals surface area (Å²) in [6.45, 7) is 5.32. The number of hydrogen-bond donors (Lipinski definition) is 2. The molecule has 2 N–H and O–H groups in total. The van der Waals surface area contributed by atoms with E-state index in [4.69, 9.17) is 11.6 Å². The number of rotatable bonds is 4. The maximum atomic E-state index is 12.0. The highest BCUT2D eigenvalue weighted by Crippen LogP contribution is 2.38. The summed E-state index contributed by atoms with van der Waals surface area (Å²) < 4.78 is 0. The van der Waals surface area contributed by atoms with Crippen molar-refractivity contribution >= 4 is 39.7 Å². The fraction of sp³-hybridized carbons (Fsp3) is 0.364. The summed E-state index contributed by atoms with van der Waals surface area (Å²) in [5.41, 5.74) is 2.53. The predicted octanol–water partition coefficient (Wildman–Crippen LogP) is 2.75. The Balaban J connectivity index is 1.61. The third kappa shape index (κ3) is 3.94. The van der Waals surface area contributed by atoms with Crippen LogP contribution < -0.4 is 20.4 Å². The average Bonchev–Trinajstić information content (AvgIpc) is 2.84. The first kappa shape index (κ1) is 20.9. The van der Waals surface area contributed by atoms with Crippen LogP contribution in [-0.2, 0) is 0 Å². The lowest BCUT2D eigenvalue weighted by atomic mass is 10.0. The third-order valence-corrected chi connectivity index (χ3v) is 6.39. The lowest BCUT2D eigenvalue weighted by molar-refractivity contribution is -0.384. The fourth-order valence-electron chi connectivity index (χ4n) is 4.54. The Hall–Kier alpha value is -3.01. The first-order valence-electron chi connectivity index (χ1n) is 10.7. The molecular weight excluding hydrogens is 430 g/mol. The lowest BCUT2D eigenvalue weighted by Crippen LogP contribution is -2.46. The zero-order chi connectivity index (χ0) is 22.1.